The van der Waals surface area contributed by atoms with Gasteiger partial charge < -0.3 is 15.6 Å². The first-order valence-electron chi connectivity index (χ1n) is 5.76. The second-order valence-corrected chi connectivity index (χ2v) is 4.36. The number of anilines is 1. The van der Waals surface area contributed by atoms with Crippen molar-refractivity contribution in [2.24, 2.45) is 5.11 Å². The van der Waals surface area contributed by atoms with E-state index in [1.807, 2.05) is 0 Å². The molecule has 1 aliphatic rings. The molecule has 0 saturated carbocycles. The van der Waals surface area contributed by atoms with Gasteiger partial charge in [0.1, 0.15) is 12.0 Å². The van der Waals surface area contributed by atoms with Crippen LogP contribution in [0.4, 0.5) is 5.82 Å². The molecule has 10 heteroatoms. The molecule has 106 valence electrons. The molecule has 0 radical (unpaired) electrons. The Morgan fingerprint density at radius 3 is 3.15 bits per heavy atom. The van der Waals surface area contributed by atoms with Crippen LogP contribution in [0, 0.1) is 0 Å². The highest BCUT2D eigenvalue weighted by Gasteiger charge is 2.42. The van der Waals surface area contributed by atoms with E-state index in [2.05, 4.69) is 15.0 Å². The van der Waals surface area contributed by atoms with Gasteiger partial charge in [-0.3, -0.25) is 9.36 Å². The average molecular weight is 280 g/mol. The Balaban J connectivity index is 2.28. The van der Waals surface area contributed by atoms with Crippen LogP contribution in [0.2, 0.25) is 0 Å². The Hall–Kier alpha value is -2.58. The summed E-state index contributed by atoms with van der Waals surface area (Å²) in [4.78, 5) is 28.7. The fourth-order valence-corrected chi connectivity index (χ4v) is 2.12. The lowest BCUT2D eigenvalue weighted by atomic mass is 10.1. The van der Waals surface area contributed by atoms with Crippen LogP contribution in [0.25, 0.3) is 10.4 Å². The third-order valence-corrected chi connectivity index (χ3v) is 2.95. The lowest BCUT2D eigenvalue weighted by Gasteiger charge is -2.22. The van der Waals surface area contributed by atoms with Gasteiger partial charge in [-0.05, 0) is 24.4 Å². The molecule has 20 heavy (non-hydrogen) atoms. The molecule has 10 nitrogen and oxygen atoms in total. The Kier molecular flexibility index (Phi) is 3.59. The minimum Gasteiger partial charge on any atom is -0.481 e. The van der Waals surface area contributed by atoms with E-state index in [0.29, 0.717) is 6.42 Å². The zero-order valence-electron chi connectivity index (χ0n) is 10.3. The maximum Gasteiger partial charge on any atom is 0.351 e. The molecule has 0 amide bonds. The second kappa shape index (κ2) is 5.19. The smallest absolute Gasteiger partial charge is 0.351 e. The monoisotopic (exact) mass is 280 g/mol. The van der Waals surface area contributed by atoms with Crippen LogP contribution in [0.5, 0.6) is 0 Å². The number of aliphatic carboxylic acids is 1. The van der Waals surface area contributed by atoms with Crippen LogP contribution in [0.3, 0.4) is 0 Å². The molecule has 1 fully saturated rings. The number of nitrogens with two attached hydrogens (primary N) is 1. The van der Waals surface area contributed by atoms with E-state index in [1.54, 1.807) is 0 Å². The van der Waals surface area contributed by atoms with E-state index in [4.69, 9.17) is 21.1 Å². The van der Waals surface area contributed by atoms with E-state index in [9.17, 15) is 9.59 Å². The van der Waals surface area contributed by atoms with Crippen LogP contribution in [0.1, 0.15) is 25.5 Å². The maximum atomic E-state index is 11.7. The quantitative estimate of drug-likeness (QED) is 0.467. The predicted octanol–water partition coefficient (Wildman–Crippen LogP) is 0.616. The third kappa shape index (κ3) is 2.71. The first-order valence-corrected chi connectivity index (χ1v) is 5.76. The third-order valence-electron chi connectivity index (χ3n) is 2.95. The Morgan fingerprint density at radius 1 is 1.80 bits per heavy atom. The molecular weight excluding hydrogens is 268 g/mol. The summed E-state index contributed by atoms with van der Waals surface area (Å²) in [5.74, 6) is -1.07. The lowest BCUT2D eigenvalue weighted by molar-refractivity contribution is -0.146. The van der Waals surface area contributed by atoms with Crippen molar-refractivity contribution in [2.75, 3.05) is 5.73 Å². The molecular formula is C10H12N6O4. The molecule has 0 bridgehead atoms. The van der Waals surface area contributed by atoms with Gasteiger partial charge in [0.15, 0.2) is 5.72 Å². The summed E-state index contributed by atoms with van der Waals surface area (Å²) in [6, 6.07) is 1.43. The maximum absolute atomic E-state index is 11.7. The van der Waals surface area contributed by atoms with Crippen molar-refractivity contribution in [1.82, 2.24) is 9.55 Å². The van der Waals surface area contributed by atoms with Gasteiger partial charge in [0.2, 0.25) is 0 Å². The number of aromatic nitrogens is 2. The molecule has 1 saturated heterocycles. The lowest BCUT2D eigenvalue weighted by Crippen LogP contribution is -2.32. The second-order valence-electron chi connectivity index (χ2n) is 4.36. The molecule has 2 heterocycles. The SMILES string of the molecule is [N-]=[N+]=N[C@@]1(CC(=O)O)CC[C@H](n2ccc(N)nc2=O)O1. The van der Waals surface area contributed by atoms with E-state index in [0.717, 1.165) is 0 Å². The van der Waals surface area contributed by atoms with E-state index >= 15 is 0 Å². The van der Waals surface area contributed by atoms with Crippen molar-refractivity contribution < 1.29 is 14.6 Å². The normalized spacial score (nSPS) is 25.1. The molecule has 1 aromatic heterocycles. The summed E-state index contributed by atoms with van der Waals surface area (Å²) in [5, 5.41) is 12.3. The molecule has 0 aliphatic carbocycles. The highest BCUT2D eigenvalue weighted by molar-refractivity contribution is 5.68. The number of ether oxygens (including phenoxy) is 1. The summed E-state index contributed by atoms with van der Waals surface area (Å²) in [5.41, 5.74) is 11.8. The molecule has 3 N–H and O–H groups in total. The summed E-state index contributed by atoms with van der Waals surface area (Å²) < 4.78 is 6.68. The van der Waals surface area contributed by atoms with Crippen LogP contribution < -0.4 is 11.4 Å². The molecule has 0 aromatic carbocycles. The first-order chi connectivity index (χ1) is 9.46. The fourth-order valence-electron chi connectivity index (χ4n) is 2.12. The van der Waals surface area contributed by atoms with Gasteiger partial charge in [0, 0.05) is 11.1 Å². The highest BCUT2D eigenvalue weighted by Crippen LogP contribution is 2.39. The van der Waals surface area contributed by atoms with E-state index in [1.165, 1.54) is 16.8 Å². The Labute approximate surface area is 112 Å². The van der Waals surface area contributed by atoms with Gasteiger partial charge in [-0.2, -0.15) is 4.98 Å². The number of carboxylic acid groups (broad SMARTS) is 1. The van der Waals surface area contributed by atoms with Gasteiger partial charge >= 0.3 is 11.7 Å². The van der Waals surface area contributed by atoms with Crippen LogP contribution >= 0.6 is 0 Å². The largest absolute Gasteiger partial charge is 0.481 e. The van der Waals surface area contributed by atoms with E-state index < -0.39 is 30.0 Å². The van der Waals surface area contributed by atoms with Gasteiger partial charge in [-0.25, -0.2) is 4.79 Å². The fraction of sp³-hybridized carbons (Fsp3) is 0.500. The molecule has 2 rings (SSSR count). The van der Waals surface area contributed by atoms with Crippen molar-refractivity contribution in [3.63, 3.8) is 0 Å². The minimum atomic E-state index is -1.48. The molecule has 1 aliphatic heterocycles. The minimum absolute atomic E-state index is 0.0797. The number of azide groups is 1. The van der Waals surface area contributed by atoms with Crippen molar-refractivity contribution >= 4 is 11.8 Å². The predicted molar refractivity (Wildman–Crippen MR) is 66.4 cm³/mol. The Morgan fingerprint density at radius 2 is 2.55 bits per heavy atom. The van der Waals surface area contributed by atoms with Crippen molar-refractivity contribution in [1.29, 1.82) is 0 Å². The highest BCUT2D eigenvalue weighted by atomic mass is 16.5. The van der Waals surface area contributed by atoms with Gasteiger partial charge in [0.25, 0.3) is 0 Å². The van der Waals surface area contributed by atoms with Crippen molar-refractivity contribution in [3.8, 4) is 0 Å². The number of carbonyl (C=O) groups is 1. The molecule has 1 aromatic rings. The number of nitrogen functional groups attached to an aromatic ring is 1. The molecule has 0 unspecified atom stereocenters. The zero-order chi connectivity index (χ0) is 14.8. The molecule has 0 spiro atoms. The first kappa shape index (κ1) is 13.8. The van der Waals surface area contributed by atoms with Gasteiger partial charge in [0.05, 0.1) is 6.42 Å². The van der Waals surface area contributed by atoms with Crippen LogP contribution in [-0.2, 0) is 9.53 Å². The van der Waals surface area contributed by atoms with Crippen LogP contribution in [-0.4, -0.2) is 26.4 Å². The summed E-state index contributed by atoms with van der Waals surface area (Å²) in [6.45, 7) is 0. The van der Waals surface area contributed by atoms with Gasteiger partial charge in [-0.1, -0.05) is 5.11 Å². The summed E-state index contributed by atoms with van der Waals surface area (Å²) >= 11 is 0. The molecule has 2 atom stereocenters. The van der Waals surface area contributed by atoms with Crippen molar-refractivity contribution in [3.05, 3.63) is 33.2 Å². The van der Waals surface area contributed by atoms with Crippen molar-refractivity contribution in [2.45, 2.75) is 31.2 Å². The van der Waals surface area contributed by atoms with Crippen LogP contribution in [0.15, 0.2) is 22.2 Å². The summed E-state index contributed by atoms with van der Waals surface area (Å²) in [6.07, 6.45) is 0.732. The number of hydrogen-bond donors (Lipinski definition) is 2. The Bertz CT molecular complexity index is 637. The summed E-state index contributed by atoms with van der Waals surface area (Å²) in [7, 11) is 0. The average Bonchev–Trinajstić information content (AvgIpc) is 2.72. The van der Waals surface area contributed by atoms with Gasteiger partial charge in [-0.15, -0.1) is 0 Å². The number of rotatable bonds is 4. The number of hydrogen-bond acceptors (Lipinski definition) is 6. The number of nitrogens with zero attached hydrogens (tertiary/aromatic N) is 5. The van der Waals surface area contributed by atoms with E-state index in [-0.39, 0.29) is 12.2 Å². The standard InChI is InChI=1S/C10H12N6O4/c11-6-2-4-16(9(19)13-6)7-1-3-10(20-7,14-15-12)5-8(17)18/h2,4,7H,1,3,5H2,(H,17,18)(H2,11,13,19)/t7-,10+/m1/s1. The topological polar surface area (TPSA) is 156 Å². The number of carboxylic acids is 1. The zero-order valence-corrected chi connectivity index (χ0v) is 10.3.